The van der Waals surface area contributed by atoms with Crippen molar-refractivity contribution in [3.63, 3.8) is 0 Å². The van der Waals surface area contributed by atoms with Crippen molar-refractivity contribution in [1.82, 2.24) is 0 Å². The second-order valence-corrected chi connectivity index (χ2v) is 6.84. The number of carbonyl (C=O) groups excluding carboxylic acids is 2. The Hall–Kier alpha value is -3.59. The largest absolute Gasteiger partial charge is 0.322 e. The van der Waals surface area contributed by atoms with Crippen LogP contribution in [0.4, 0.5) is 21.5 Å². The molecule has 0 fully saturated rings. The normalized spacial score (nSPS) is 10.3. The number of nitro benzene ring substituents is 1. The van der Waals surface area contributed by atoms with Gasteiger partial charge in [-0.1, -0.05) is 28.1 Å². The van der Waals surface area contributed by atoms with E-state index in [1.165, 1.54) is 18.2 Å². The average molecular weight is 458 g/mol. The van der Waals surface area contributed by atoms with Crippen LogP contribution in [0.1, 0.15) is 20.7 Å². The first-order valence-corrected chi connectivity index (χ1v) is 9.05. The summed E-state index contributed by atoms with van der Waals surface area (Å²) in [6.45, 7) is 0. The smallest absolute Gasteiger partial charge is 0.306 e. The molecule has 0 aromatic heterocycles. The number of hydrogen-bond donors (Lipinski definition) is 2. The van der Waals surface area contributed by atoms with Crippen LogP contribution in [0.25, 0.3) is 0 Å². The molecule has 7 nitrogen and oxygen atoms in total. The summed E-state index contributed by atoms with van der Waals surface area (Å²) in [5.74, 6) is -1.91. The second kappa shape index (κ2) is 8.61. The summed E-state index contributed by atoms with van der Waals surface area (Å²) in [4.78, 5) is 34.7. The molecule has 3 aromatic carbocycles. The molecule has 0 aliphatic heterocycles. The number of carbonyl (C=O) groups is 2. The van der Waals surface area contributed by atoms with Crippen LogP contribution in [0.3, 0.4) is 0 Å². The summed E-state index contributed by atoms with van der Waals surface area (Å²) in [6, 6.07) is 16.1. The van der Waals surface area contributed by atoms with Crippen LogP contribution in [0.2, 0.25) is 0 Å². The van der Waals surface area contributed by atoms with Gasteiger partial charge < -0.3 is 10.6 Å². The number of amides is 2. The number of hydrogen-bond acceptors (Lipinski definition) is 4. The van der Waals surface area contributed by atoms with Crippen LogP contribution in [-0.4, -0.2) is 16.7 Å². The molecule has 0 saturated heterocycles. The molecule has 3 rings (SSSR count). The van der Waals surface area contributed by atoms with E-state index in [4.69, 9.17) is 0 Å². The summed E-state index contributed by atoms with van der Waals surface area (Å²) in [7, 11) is 0. The third-order valence-corrected chi connectivity index (χ3v) is 4.36. The van der Waals surface area contributed by atoms with E-state index in [9.17, 15) is 24.1 Å². The molecule has 146 valence electrons. The number of nitrogens with zero attached hydrogens (tertiary/aromatic N) is 1. The van der Waals surface area contributed by atoms with Gasteiger partial charge in [-0.25, -0.2) is 0 Å². The highest BCUT2D eigenvalue weighted by molar-refractivity contribution is 9.10. The van der Waals surface area contributed by atoms with Gasteiger partial charge in [0.1, 0.15) is 0 Å². The van der Waals surface area contributed by atoms with E-state index in [0.29, 0.717) is 11.3 Å². The first-order valence-electron chi connectivity index (χ1n) is 8.26. The minimum atomic E-state index is -0.995. The third kappa shape index (κ3) is 5.02. The molecule has 0 spiro atoms. The van der Waals surface area contributed by atoms with Crippen molar-refractivity contribution in [3.8, 4) is 0 Å². The third-order valence-electron chi connectivity index (χ3n) is 3.87. The maximum absolute atomic E-state index is 13.4. The van der Waals surface area contributed by atoms with Crippen molar-refractivity contribution in [2.45, 2.75) is 0 Å². The number of benzene rings is 3. The van der Waals surface area contributed by atoms with Gasteiger partial charge in [0.25, 0.3) is 11.8 Å². The zero-order chi connectivity index (χ0) is 21.0. The summed E-state index contributed by atoms with van der Waals surface area (Å²) < 4.78 is 14.2. The molecule has 0 radical (unpaired) electrons. The van der Waals surface area contributed by atoms with E-state index < -0.39 is 22.3 Å². The Balaban J connectivity index is 1.75. The summed E-state index contributed by atoms with van der Waals surface area (Å²) in [5.41, 5.74) is 0.383. The lowest BCUT2D eigenvalue weighted by Gasteiger charge is -2.09. The van der Waals surface area contributed by atoms with E-state index in [-0.39, 0.29) is 17.2 Å². The molecule has 0 aliphatic rings. The Bertz CT molecular complexity index is 1120. The number of nitro groups is 1. The topological polar surface area (TPSA) is 101 Å². The highest BCUT2D eigenvalue weighted by Gasteiger charge is 2.16. The van der Waals surface area contributed by atoms with E-state index in [2.05, 4.69) is 26.6 Å². The molecule has 0 atom stereocenters. The van der Waals surface area contributed by atoms with Crippen LogP contribution in [0.15, 0.2) is 71.2 Å². The molecule has 2 amide bonds. The van der Waals surface area contributed by atoms with Gasteiger partial charge in [0.15, 0.2) is 0 Å². The van der Waals surface area contributed by atoms with E-state index in [1.807, 2.05) is 0 Å². The maximum Gasteiger partial charge on any atom is 0.306 e. The molecular formula is C20H13BrFN3O4. The van der Waals surface area contributed by atoms with Crippen LogP contribution < -0.4 is 10.6 Å². The minimum absolute atomic E-state index is 0.0756. The van der Waals surface area contributed by atoms with E-state index in [1.54, 1.807) is 36.4 Å². The van der Waals surface area contributed by atoms with Crippen LogP contribution >= 0.6 is 15.9 Å². The van der Waals surface area contributed by atoms with Crippen molar-refractivity contribution >= 4 is 44.8 Å². The first-order chi connectivity index (χ1) is 13.8. The van der Waals surface area contributed by atoms with Gasteiger partial charge in [-0.05, 0) is 48.5 Å². The second-order valence-electron chi connectivity index (χ2n) is 5.92. The van der Waals surface area contributed by atoms with Gasteiger partial charge in [0.2, 0.25) is 5.82 Å². The van der Waals surface area contributed by atoms with Crippen molar-refractivity contribution in [3.05, 3.63) is 98.3 Å². The van der Waals surface area contributed by atoms with Gasteiger partial charge in [-0.3, -0.25) is 19.7 Å². The first kappa shape index (κ1) is 20.2. The highest BCUT2D eigenvalue weighted by Crippen LogP contribution is 2.22. The van der Waals surface area contributed by atoms with Gasteiger partial charge in [0.05, 0.1) is 4.92 Å². The van der Waals surface area contributed by atoms with Crippen molar-refractivity contribution in [2.75, 3.05) is 10.6 Å². The lowest BCUT2D eigenvalue weighted by Crippen LogP contribution is -2.14. The minimum Gasteiger partial charge on any atom is -0.322 e. The van der Waals surface area contributed by atoms with Crippen molar-refractivity contribution in [1.29, 1.82) is 0 Å². The number of halogens is 2. The molecule has 0 bridgehead atoms. The highest BCUT2D eigenvalue weighted by atomic mass is 79.9. The Morgan fingerprint density at radius 2 is 1.45 bits per heavy atom. The fraction of sp³-hybridized carbons (Fsp3) is 0. The van der Waals surface area contributed by atoms with Gasteiger partial charge in [-0.2, -0.15) is 4.39 Å². The fourth-order valence-electron chi connectivity index (χ4n) is 2.50. The standard InChI is InChI=1S/C20H13BrFN3O4/c21-14-5-1-3-12(9-14)19(26)23-15-6-2-4-13(10-15)20(27)24-16-7-8-17(22)18(11-16)25(28)29/h1-11H,(H,23,26)(H,24,27). The summed E-state index contributed by atoms with van der Waals surface area (Å²) in [6.07, 6.45) is 0. The molecule has 0 unspecified atom stereocenters. The predicted molar refractivity (Wildman–Crippen MR) is 110 cm³/mol. The molecule has 3 aromatic rings. The van der Waals surface area contributed by atoms with E-state index in [0.717, 1.165) is 16.6 Å². The van der Waals surface area contributed by atoms with Crippen LogP contribution in [0.5, 0.6) is 0 Å². The van der Waals surface area contributed by atoms with Gasteiger partial charge >= 0.3 is 5.69 Å². The Morgan fingerprint density at radius 1 is 0.862 bits per heavy atom. The lowest BCUT2D eigenvalue weighted by molar-refractivity contribution is -0.387. The Labute approximate surface area is 172 Å². The molecule has 0 saturated carbocycles. The maximum atomic E-state index is 13.4. The molecule has 29 heavy (non-hydrogen) atoms. The fourth-order valence-corrected chi connectivity index (χ4v) is 2.90. The number of anilines is 2. The molecule has 2 N–H and O–H groups in total. The average Bonchev–Trinajstić information content (AvgIpc) is 2.69. The van der Waals surface area contributed by atoms with Crippen LogP contribution in [0, 0.1) is 15.9 Å². The van der Waals surface area contributed by atoms with Gasteiger partial charge in [0, 0.05) is 33.0 Å². The summed E-state index contributed by atoms with van der Waals surface area (Å²) in [5, 5.41) is 16.0. The monoisotopic (exact) mass is 457 g/mol. The lowest BCUT2D eigenvalue weighted by atomic mass is 10.1. The Morgan fingerprint density at radius 3 is 2.07 bits per heavy atom. The quantitative estimate of drug-likeness (QED) is 0.415. The van der Waals surface area contributed by atoms with Crippen LogP contribution in [-0.2, 0) is 0 Å². The Kier molecular flexibility index (Phi) is 5.99. The van der Waals surface area contributed by atoms with Gasteiger partial charge in [-0.15, -0.1) is 0 Å². The zero-order valence-corrected chi connectivity index (χ0v) is 16.3. The summed E-state index contributed by atoms with van der Waals surface area (Å²) >= 11 is 3.30. The molecule has 9 heteroatoms. The zero-order valence-electron chi connectivity index (χ0n) is 14.7. The number of rotatable bonds is 5. The van der Waals surface area contributed by atoms with Crippen molar-refractivity contribution in [2.24, 2.45) is 0 Å². The SMILES string of the molecule is O=C(Nc1cccc(C(=O)Nc2ccc(F)c([N+](=O)[O-])c2)c1)c1cccc(Br)c1. The van der Waals surface area contributed by atoms with Crippen molar-refractivity contribution < 1.29 is 18.9 Å². The predicted octanol–water partition coefficient (Wildman–Crippen LogP) is 5.00. The number of nitrogens with one attached hydrogen (secondary N) is 2. The van der Waals surface area contributed by atoms with E-state index >= 15 is 0 Å². The molecule has 0 aliphatic carbocycles. The molecule has 0 heterocycles. The molecular weight excluding hydrogens is 445 g/mol.